The van der Waals surface area contributed by atoms with E-state index in [9.17, 15) is 14.7 Å². The van der Waals surface area contributed by atoms with Crippen molar-refractivity contribution in [1.82, 2.24) is 10.3 Å². The first-order chi connectivity index (χ1) is 9.66. The molecule has 0 saturated heterocycles. The molecule has 0 radical (unpaired) electrons. The van der Waals surface area contributed by atoms with Gasteiger partial charge in [-0.25, -0.2) is 0 Å². The van der Waals surface area contributed by atoms with Crippen LogP contribution in [0.15, 0.2) is 54.9 Å². The number of hydrogen-bond acceptors (Lipinski definition) is 4. The molecule has 2 rings (SSSR count). The fourth-order valence-corrected chi connectivity index (χ4v) is 1.53. The van der Waals surface area contributed by atoms with Gasteiger partial charge in [0.25, 0.3) is 11.8 Å². The molecule has 0 aliphatic carbocycles. The highest BCUT2D eigenvalue weighted by Crippen LogP contribution is 2.14. The van der Waals surface area contributed by atoms with E-state index in [-0.39, 0.29) is 11.3 Å². The molecule has 1 heterocycles. The number of nitrogens with zero attached hydrogens (tertiary/aromatic N) is 1. The van der Waals surface area contributed by atoms with Crippen molar-refractivity contribution >= 4 is 17.9 Å². The predicted molar refractivity (Wildman–Crippen MR) is 73.9 cm³/mol. The summed E-state index contributed by atoms with van der Waals surface area (Å²) in [4.78, 5) is 27.2. The van der Waals surface area contributed by atoms with Gasteiger partial charge in [-0.2, -0.15) is 0 Å². The van der Waals surface area contributed by atoms with Crippen LogP contribution < -0.4 is 5.32 Å². The van der Waals surface area contributed by atoms with Crippen LogP contribution in [-0.2, 0) is 4.79 Å². The Hall–Kier alpha value is -2.95. The van der Waals surface area contributed by atoms with Crippen molar-refractivity contribution in [2.75, 3.05) is 0 Å². The van der Waals surface area contributed by atoms with Gasteiger partial charge in [-0.3, -0.25) is 19.9 Å². The molecule has 0 spiro atoms. The maximum atomic E-state index is 11.8. The molecule has 20 heavy (non-hydrogen) atoms. The number of carbonyl (C=O) groups is 2. The van der Waals surface area contributed by atoms with Crippen LogP contribution in [0.2, 0.25) is 0 Å². The van der Waals surface area contributed by atoms with Crippen molar-refractivity contribution in [2.24, 2.45) is 0 Å². The topological polar surface area (TPSA) is 79.3 Å². The van der Waals surface area contributed by atoms with Crippen LogP contribution in [-0.4, -0.2) is 21.9 Å². The summed E-state index contributed by atoms with van der Waals surface area (Å²) in [5.74, 6) is -1.38. The summed E-state index contributed by atoms with van der Waals surface area (Å²) in [5, 5.41) is 11.7. The van der Waals surface area contributed by atoms with Crippen LogP contribution in [0.5, 0.6) is 5.75 Å². The summed E-state index contributed by atoms with van der Waals surface area (Å²) in [6.45, 7) is 0. The summed E-state index contributed by atoms with van der Waals surface area (Å²) >= 11 is 0. The first-order valence-electron chi connectivity index (χ1n) is 5.88. The molecule has 2 amide bonds. The van der Waals surface area contributed by atoms with E-state index in [4.69, 9.17) is 0 Å². The highest BCUT2D eigenvalue weighted by Gasteiger charge is 2.11. The number of carbonyl (C=O) groups excluding carboxylic acids is 2. The molecule has 0 unspecified atom stereocenters. The number of para-hydroxylation sites is 1. The Morgan fingerprint density at radius 1 is 1.10 bits per heavy atom. The third kappa shape index (κ3) is 3.52. The van der Waals surface area contributed by atoms with Crippen molar-refractivity contribution in [3.8, 4) is 5.75 Å². The molecule has 2 aromatic rings. The number of phenols is 1. The molecule has 2 N–H and O–H groups in total. The molecule has 1 aromatic heterocycles. The van der Waals surface area contributed by atoms with Gasteiger partial charge in [-0.05, 0) is 35.9 Å². The Balaban J connectivity index is 2.00. The van der Waals surface area contributed by atoms with Crippen LogP contribution in [0.1, 0.15) is 15.9 Å². The Labute approximate surface area is 115 Å². The van der Waals surface area contributed by atoms with Gasteiger partial charge < -0.3 is 5.11 Å². The molecule has 0 aliphatic rings. The Bertz CT molecular complexity index is 651. The SMILES string of the molecule is O=C(/C=C/c1ccncc1)NC(=O)c1ccccc1O. The first-order valence-corrected chi connectivity index (χ1v) is 5.88. The fourth-order valence-electron chi connectivity index (χ4n) is 1.53. The average molecular weight is 268 g/mol. The number of imide groups is 1. The number of rotatable bonds is 3. The van der Waals surface area contributed by atoms with Crippen LogP contribution in [0, 0.1) is 0 Å². The van der Waals surface area contributed by atoms with Gasteiger partial charge in [0, 0.05) is 18.5 Å². The largest absolute Gasteiger partial charge is 0.507 e. The van der Waals surface area contributed by atoms with E-state index >= 15 is 0 Å². The number of benzene rings is 1. The number of phenolic OH excluding ortho intramolecular Hbond substituents is 1. The van der Waals surface area contributed by atoms with Crippen molar-refractivity contribution in [3.63, 3.8) is 0 Å². The number of aromatic hydroxyl groups is 1. The van der Waals surface area contributed by atoms with Crippen molar-refractivity contribution in [2.45, 2.75) is 0 Å². The molecule has 0 saturated carbocycles. The second-order valence-corrected chi connectivity index (χ2v) is 3.95. The predicted octanol–water partition coefficient (Wildman–Crippen LogP) is 1.76. The second kappa shape index (κ2) is 6.29. The number of nitrogens with one attached hydrogen (secondary N) is 1. The zero-order valence-electron chi connectivity index (χ0n) is 10.5. The van der Waals surface area contributed by atoms with E-state index < -0.39 is 11.8 Å². The minimum atomic E-state index is -0.646. The summed E-state index contributed by atoms with van der Waals surface area (Å²) in [6, 6.07) is 9.48. The lowest BCUT2D eigenvalue weighted by atomic mass is 10.2. The molecule has 0 fully saturated rings. The third-order valence-electron chi connectivity index (χ3n) is 2.52. The van der Waals surface area contributed by atoms with Crippen molar-refractivity contribution in [1.29, 1.82) is 0 Å². The van der Waals surface area contributed by atoms with Crippen LogP contribution in [0.25, 0.3) is 6.08 Å². The van der Waals surface area contributed by atoms with Gasteiger partial charge in [0.1, 0.15) is 5.75 Å². The van der Waals surface area contributed by atoms with Gasteiger partial charge in [-0.1, -0.05) is 12.1 Å². The smallest absolute Gasteiger partial charge is 0.261 e. The molecular formula is C15H12N2O3. The van der Waals surface area contributed by atoms with Gasteiger partial charge in [0.15, 0.2) is 0 Å². The van der Waals surface area contributed by atoms with Gasteiger partial charge in [0.05, 0.1) is 5.56 Å². The van der Waals surface area contributed by atoms with Crippen LogP contribution >= 0.6 is 0 Å². The molecule has 5 nitrogen and oxygen atoms in total. The normalized spacial score (nSPS) is 10.4. The highest BCUT2D eigenvalue weighted by molar-refractivity contribution is 6.10. The molecule has 0 bridgehead atoms. The Morgan fingerprint density at radius 3 is 2.50 bits per heavy atom. The van der Waals surface area contributed by atoms with Gasteiger partial charge in [0.2, 0.25) is 0 Å². The standard InChI is InChI=1S/C15H12N2O3/c18-13-4-2-1-3-12(13)15(20)17-14(19)6-5-11-7-9-16-10-8-11/h1-10,18H,(H,17,19,20)/b6-5+. The maximum Gasteiger partial charge on any atom is 0.261 e. The summed E-state index contributed by atoms with van der Waals surface area (Å²) < 4.78 is 0. The van der Waals surface area contributed by atoms with E-state index in [0.29, 0.717) is 0 Å². The zero-order valence-corrected chi connectivity index (χ0v) is 10.5. The van der Waals surface area contributed by atoms with E-state index in [0.717, 1.165) is 5.56 Å². The minimum absolute atomic E-state index is 0.0539. The Morgan fingerprint density at radius 2 is 1.80 bits per heavy atom. The van der Waals surface area contributed by atoms with Crippen LogP contribution in [0.4, 0.5) is 0 Å². The number of hydrogen-bond donors (Lipinski definition) is 2. The van der Waals surface area contributed by atoms with Crippen molar-refractivity contribution in [3.05, 3.63) is 66.0 Å². The van der Waals surface area contributed by atoms with Gasteiger partial charge in [-0.15, -0.1) is 0 Å². The minimum Gasteiger partial charge on any atom is -0.507 e. The van der Waals surface area contributed by atoms with Crippen molar-refractivity contribution < 1.29 is 14.7 Å². The lowest BCUT2D eigenvalue weighted by molar-refractivity contribution is -0.115. The van der Waals surface area contributed by atoms with Crippen LogP contribution in [0.3, 0.4) is 0 Å². The molecule has 100 valence electrons. The fraction of sp³-hybridized carbons (Fsp3) is 0. The average Bonchev–Trinajstić information content (AvgIpc) is 2.46. The molecule has 1 aromatic carbocycles. The van der Waals surface area contributed by atoms with Gasteiger partial charge >= 0.3 is 0 Å². The number of aromatic nitrogens is 1. The quantitative estimate of drug-likeness (QED) is 0.831. The number of pyridine rings is 1. The molecule has 0 atom stereocenters. The lowest BCUT2D eigenvalue weighted by Crippen LogP contribution is -2.28. The zero-order chi connectivity index (χ0) is 14.4. The number of amides is 2. The Kier molecular flexibility index (Phi) is 4.24. The van der Waals surface area contributed by atoms with E-state index in [1.54, 1.807) is 42.7 Å². The summed E-state index contributed by atoms with van der Waals surface area (Å²) in [6.07, 6.45) is 6.01. The molecule has 0 aliphatic heterocycles. The van der Waals surface area contributed by atoms with E-state index in [1.165, 1.54) is 18.2 Å². The van der Waals surface area contributed by atoms with E-state index in [1.807, 2.05) is 0 Å². The summed E-state index contributed by atoms with van der Waals surface area (Å²) in [5.41, 5.74) is 0.850. The lowest BCUT2D eigenvalue weighted by Gasteiger charge is -2.03. The highest BCUT2D eigenvalue weighted by atomic mass is 16.3. The molecule has 5 heteroatoms. The molecular weight excluding hydrogens is 256 g/mol. The summed E-state index contributed by atoms with van der Waals surface area (Å²) in [7, 11) is 0. The second-order valence-electron chi connectivity index (χ2n) is 3.95. The van der Waals surface area contributed by atoms with E-state index in [2.05, 4.69) is 10.3 Å². The first kappa shape index (κ1) is 13.5. The maximum absolute atomic E-state index is 11.8. The monoisotopic (exact) mass is 268 g/mol. The third-order valence-corrected chi connectivity index (χ3v) is 2.52.